The van der Waals surface area contributed by atoms with Gasteiger partial charge in [0.2, 0.25) is 0 Å². The molecule has 23 heavy (non-hydrogen) atoms. The van der Waals surface area contributed by atoms with Gasteiger partial charge >= 0.3 is 5.97 Å². The summed E-state index contributed by atoms with van der Waals surface area (Å²) in [5.41, 5.74) is 2.12. The standard InChI is InChI=1S/C18H13ClO3S/c19-14-6-7-16(22-10-12-4-2-1-3-5-12)15(9-14)17-8-13(11-23-17)18(20)21/h1-9,11H,10H2,(H,20,21). The van der Waals surface area contributed by atoms with Crippen LogP contribution in [0.3, 0.4) is 0 Å². The third kappa shape index (κ3) is 3.73. The summed E-state index contributed by atoms with van der Waals surface area (Å²) in [5.74, 6) is -0.265. The van der Waals surface area contributed by atoms with E-state index in [2.05, 4.69) is 0 Å². The molecule has 0 spiro atoms. The van der Waals surface area contributed by atoms with Crippen molar-refractivity contribution < 1.29 is 14.6 Å². The van der Waals surface area contributed by atoms with Gasteiger partial charge in [-0.05, 0) is 29.8 Å². The Morgan fingerprint density at radius 1 is 1.13 bits per heavy atom. The molecule has 0 saturated heterocycles. The van der Waals surface area contributed by atoms with E-state index in [0.717, 1.165) is 16.0 Å². The molecule has 1 aromatic heterocycles. The van der Waals surface area contributed by atoms with Crippen molar-refractivity contribution in [3.05, 3.63) is 76.1 Å². The van der Waals surface area contributed by atoms with Gasteiger partial charge in [0.05, 0.1) is 5.56 Å². The Balaban J connectivity index is 1.89. The molecule has 1 heterocycles. The first-order chi connectivity index (χ1) is 11.1. The predicted molar refractivity (Wildman–Crippen MR) is 92.5 cm³/mol. The zero-order valence-electron chi connectivity index (χ0n) is 12.0. The summed E-state index contributed by atoms with van der Waals surface area (Å²) in [7, 11) is 0. The van der Waals surface area contributed by atoms with E-state index in [9.17, 15) is 4.79 Å². The van der Waals surface area contributed by atoms with Gasteiger partial charge in [-0.3, -0.25) is 0 Å². The van der Waals surface area contributed by atoms with Gasteiger partial charge in [-0.15, -0.1) is 11.3 Å². The number of ether oxygens (including phenoxy) is 1. The van der Waals surface area contributed by atoms with Crippen molar-refractivity contribution in [2.45, 2.75) is 6.61 Å². The smallest absolute Gasteiger partial charge is 0.336 e. The summed E-state index contributed by atoms with van der Waals surface area (Å²) in [4.78, 5) is 11.9. The quantitative estimate of drug-likeness (QED) is 0.679. The minimum atomic E-state index is -0.943. The third-order valence-electron chi connectivity index (χ3n) is 3.29. The average molecular weight is 345 g/mol. The first-order valence-corrected chi connectivity index (χ1v) is 8.18. The summed E-state index contributed by atoms with van der Waals surface area (Å²) in [5, 5.41) is 11.3. The lowest BCUT2D eigenvalue weighted by molar-refractivity contribution is 0.0697. The molecule has 5 heteroatoms. The molecule has 0 bridgehead atoms. The van der Waals surface area contributed by atoms with Crippen molar-refractivity contribution >= 4 is 28.9 Å². The number of carboxylic acids is 1. The second-order valence-electron chi connectivity index (χ2n) is 4.92. The Kier molecular flexibility index (Phi) is 4.65. The second-order valence-corrected chi connectivity index (χ2v) is 6.27. The van der Waals surface area contributed by atoms with Crippen LogP contribution in [0.5, 0.6) is 5.75 Å². The lowest BCUT2D eigenvalue weighted by Gasteiger charge is -2.11. The Morgan fingerprint density at radius 3 is 2.61 bits per heavy atom. The number of carbonyl (C=O) groups is 1. The van der Waals surface area contributed by atoms with Crippen LogP contribution in [0, 0.1) is 0 Å². The fourth-order valence-electron chi connectivity index (χ4n) is 2.15. The first kappa shape index (κ1) is 15.6. The van der Waals surface area contributed by atoms with Gasteiger partial charge in [-0.25, -0.2) is 4.79 Å². The van der Waals surface area contributed by atoms with Gasteiger partial charge in [0, 0.05) is 20.8 Å². The summed E-state index contributed by atoms with van der Waals surface area (Å²) in [6, 6.07) is 16.8. The maximum atomic E-state index is 11.1. The molecule has 3 aromatic rings. The molecular weight excluding hydrogens is 332 g/mol. The number of halogens is 1. The van der Waals surface area contributed by atoms with E-state index in [1.165, 1.54) is 11.3 Å². The van der Waals surface area contributed by atoms with Gasteiger partial charge < -0.3 is 9.84 Å². The van der Waals surface area contributed by atoms with Crippen molar-refractivity contribution in [2.24, 2.45) is 0 Å². The maximum absolute atomic E-state index is 11.1. The third-order valence-corrected chi connectivity index (χ3v) is 4.49. The van der Waals surface area contributed by atoms with E-state index in [1.807, 2.05) is 30.3 Å². The van der Waals surface area contributed by atoms with Crippen molar-refractivity contribution in [2.75, 3.05) is 0 Å². The summed E-state index contributed by atoms with van der Waals surface area (Å²) >= 11 is 7.44. The molecule has 3 rings (SSSR count). The molecule has 3 nitrogen and oxygen atoms in total. The molecule has 0 saturated carbocycles. The van der Waals surface area contributed by atoms with Crippen molar-refractivity contribution in [1.29, 1.82) is 0 Å². The van der Waals surface area contributed by atoms with Crippen LogP contribution in [0.2, 0.25) is 5.02 Å². The molecule has 0 fully saturated rings. The SMILES string of the molecule is O=C(O)c1csc(-c2cc(Cl)ccc2OCc2ccccc2)c1. The number of aromatic carboxylic acids is 1. The highest BCUT2D eigenvalue weighted by molar-refractivity contribution is 7.13. The Bertz CT molecular complexity index is 827. The Labute approximate surface area is 142 Å². The fourth-order valence-corrected chi connectivity index (χ4v) is 3.22. The normalized spacial score (nSPS) is 10.5. The summed E-state index contributed by atoms with van der Waals surface area (Å²) < 4.78 is 5.90. The zero-order chi connectivity index (χ0) is 16.2. The lowest BCUT2D eigenvalue weighted by atomic mass is 10.1. The maximum Gasteiger partial charge on any atom is 0.336 e. The van der Waals surface area contributed by atoms with Crippen LogP contribution in [0.15, 0.2) is 60.0 Å². The van der Waals surface area contributed by atoms with E-state index in [4.69, 9.17) is 21.4 Å². The molecule has 2 aromatic carbocycles. The fraction of sp³-hybridized carbons (Fsp3) is 0.0556. The van der Waals surface area contributed by atoms with Crippen molar-refractivity contribution in [1.82, 2.24) is 0 Å². The van der Waals surface area contributed by atoms with Gasteiger partial charge in [0.25, 0.3) is 0 Å². The number of benzene rings is 2. The van der Waals surface area contributed by atoms with Crippen LogP contribution in [0.25, 0.3) is 10.4 Å². The highest BCUT2D eigenvalue weighted by Crippen LogP contribution is 2.36. The summed E-state index contributed by atoms with van der Waals surface area (Å²) in [6.45, 7) is 0.437. The molecule has 0 aliphatic carbocycles. The van der Waals surface area contributed by atoms with E-state index in [0.29, 0.717) is 17.4 Å². The van der Waals surface area contributed by atoms with Gasteiger partial charge in [0.1, 0.15) is 12.4 Å². The lowest BCUT2D eigenvalue weighted by Crippen LogP contribution is -1.96. The molecule has 1 N–H and O–H groups in total. The van der Waals surface area contributed by atoms with Crippen LogP contribution in [0.1, 0.15) is 15.9 Å². The molecule has 0 amide bonds. The van der Waals surface area contributed by atoms with Crippen LogP contribution >= 0.6 is 22.9 Å². The molecule has 0 unspecified atom stereocenters. The highest BCUT2D eigenvalue weighted by Gasteiger charge is 2.13. The predicted octanol–water partition coefficient (Wildman–Crippen LogP) is 5.35. The van der Waals surface area contributed by atoms with Gasteiger partial charge in [-0.1, -0.05) is 41.9 Å². The number of hydrogen-bond acceptors (Lipinski definition) is 3. The van der Waals surface area contributed by atoms with Crippen molar-refractivity contribution in [3.8, 4) is 16.2 Å². The van der Waals surface area contributed by atoms with Gasteiger partial charge in [-0.2, -0.15) is 0 Å². The minimum Gasteiger partial charge on any atom is -0.488 e. The topological polar surface area (TPSA) is 46.5 Å². The average Bonchev–Trinajstić information content (AvgIpc) is 3.05. The number of carboxylic acid groups (broad SMARTS) is 1. The van der Waals surface area contributed by atoms with Crippen molar-refractivity contribution in [3.63, 3.8) is 0 Å². The van der Waals surface area contributed by atoms with Crippen LogP contribution in [0.4, 0.5) is 0 Å². The zero-order valence-corrected chi connectivity index (χ0v) is 13.6. The van der Waals surface area contributed by atoms with E-state index >= 15 is 0 Å². The minimum absolute atomic E-state index is 0.263. The van der Waals surface area contributed by atoms with E-state index in [-0.39, 0.29) is 5.56 Å². The second kappa shape index (κ2) is 6.86. The number of hydrogen-bond donors (Lipinski definition) is 1. The number of thiophene rings is 1. The first-order valence-electron chi connectivity index (χ1n) is 6.92. The van der Waals surface area contributed by atoms with Crippen LogP contribution in [-0.4, -0.2) is 11.1 Å². The van der Waals surface area contributed by atoms with Gasteiger partial charge in [0.15, 0.2) is 0 Å². The van der Waals surface area contributed by atoms with E-state index in [1.54, 1.807) is 29.6 Å². The highest BCUT2D eigenvalue weighted by atomic mass is 35.5. The molecular formula is C18H13ClO3S. The molecule has 116 valence electrons. The monoisotopic (exact) mass is 344 g/mol. The summed E-state index contributed by atoms with van der Waals surface area (Å²) in [6.07, 6.45) is 0. The van der Waals surface area contributed by atoms with Crippen LogP contribution < -0.4 is 4.74 Å². The molecule has 0 radical (unpaired) electrons. The molecule has 0 aliphatic rings. The van der Waals surface area contributed by atoms with Crippen LogP contribution in [-0.2, 0) is 6.61 Å². The Hall–Kier alpha value is -2.30. The molecule has 0 aliphatic heterocycles. The largest absolute Gasteiger partial charge is 0.488 e. The van der Waals surface area contributed by atoms with E-state index < -0.39 is 5.97 Å². The number of rotatable bonds is 5. The molecule has 0 atom stereocenters. The Morgan fingerprint density at radius 2 is 1.91 bits per heavy atom.